The van der Waals surface area contributed by atoms with Gasteiger partial charge in [-0.3, -0.25) is 0 Å². The summed E-state index contributed by atoms with van der Waals surface area (Å²) in [6.45, 7) is 8.70. The molecule has 0 spiro atoms. The van der Waals surface area contributed by atoms with Crippen LogP contribution in [0.5, 0.6) is 0 Å². The summed E-state index contributed by atoms with van der Waals surface area (Å²) in [5.74, 6) is 0.400. The van der Waals surface area contributed by atoms with E-state index >= 15 is 0 Å². The average molecular weight is 334 g/mol. The standard InChI is InChI=1S/C19H30N2O3/c1-19(2,3)24-18(22)21-11-10-16(17(14-21)23-4)13-20-12-15-8-6-5-7-9-15/h5-9,16-17,20H,10-14H2,1-4H3. The van der Waals surface area contributed by atoms with Crippen molar-refractivity contribution in [3.05, 3.63) is 35.9 Å². The Labute approximate surface area is 145 Å². The fourth-order valence-corrected chi connectivity index (χ4v) is 2.96. The van der Waals surface area contributed by atoms with E-state index in [1.807, 2.05) is 39.0 Å². The molecule has 1 aromatic rings. The molecule has 1 saturated heterocycles. The van der Waals surface area contributed by atoms with E-state index in [2.05, 4.69) is 17.4 Å². The second kappa shape index (κ2) is 8.49. The molecule has 1 N–H and O–H groups in total. The largest absolute Gasteiger partial charge is 0.444 e. The van der Waals surface area contributed by atoms with E-state index < -0.39 is 5.60 Å². The van der Waals surface area contributed by atoms with Gasteiger partial charge in [-0.2, -0.15) is 0 Å². The van der Waals surface area contributed by atoms with E-state index in [9.17, 15) is 4.79 Å². The molecular weight excluding hydrogens is 304 g/mol. The molecule has 1 heterocycles. The minimum absolute atomic E-state index is 0.0366. The second-order valence-corrected chi connectivity index (χ2v) is 7.37. The molecule has 1 fully saturated rings. The number of nitrogens with zero attached hydrogens (tertiary/aromatic N) is 1. The molecule has 1 aliphatic heterocycles. The van der Waals surface area contributed by atoms with Gasteiger partial charge in [-0.05, 0) is 32.8 Å². The predicted octanol–water partition coefficient (Wildman–Crippen LogP) is 3.05. The Kier molecular flexibility index (Phi) is 6.63. The van der Waals surface area contributed by atoms with Crippen molar-refractivity contribution in [3.63, 3.8) is 0 Å². The van der Waals surface area contributed by atoms with Crippen LogP contribution in [0.2, 0.25) is 0 Å². The average Bonchev–Trinajstić information content (AvgIpc) is 2.54. The van der Waals surface area contributed by atoms with Crippen molar-refractivity contribution in [1.29, 1.82) is 0 Å². The molecule has 2 rings (SSSR count). The van der Waals surface area contributed by atoms with E-state index in [1.165, 1.54) is 5.56 Å². The van der Waals surface area contributed by atoms with Gasteiger partial charge in [-0.15, -0.1) is 0 Å². The fourth-order valence-electron chi connectivity index (χ4n) is 2.96. The van der Waals surface area contributed by atoms with Gasteiger partial charge in [0.2, 0.25) is 0 Å². The first-order valence-corrected chi connectivity index (χ1v) is 8.64. The van der Waals surface area contributed by atoms with Gasteiger partial charge < -0.3 is 19.7 Å². The number of nitrogens with one attached hydrogen (secondary N) is 1. The van der Waals surface area contributed by atoms with Crippen molar-refractivity contribution in [1.82, 2.24) is 10.2 Å². The van der Waals surface area contributed by atoms with Gasteiger partial charge in [-0.1, -0.05) is 30.3 Å². The number of ether oxygens (including phenoxy) is 2. The van der Waals surface area contributed by atoms with Crippen LogP contribution >= 0.6 is 0 Å². The van der Waals surface area contributed by atoms with Crippen LogP contribution in [0.4, 0.5) is 4.79 Å². The van der Waals surface area contributed by atoms with E-state index in [0.29, 0.717) is 19.0 Å². The summed E-state index contributed by atoms with van der Waals surface area (Å²) in [4.78, 5) is 14.0. The molecular formula is C19H30N2O3. The lowest BCUT2D eigenvalue weighted by atomic mass is 9.93. The fraction of sp³-hybridized carbons (Fsp3) is 0.632. The number of carbonyl (C=O) groups excluding carboxylic acids is 1. The summed E-state index contributed by atoms with van der Waals surface area (Å²) < 4.78 is 11.1. The summed E-state index contributed by atoms with van der Waals surface area (Å²) >= 11 is 0. The van der Waals surface area contributed by atoms with Crippen molar-refractivity contribution in [2.75, 3.05) is 26.7 Å². The lowest BCUT2D eigenvalue weighted by Crippen LogP contribution is -2.50. The van der Waals surface area contributed by atoms with Crippen molar-refractivity contribution < 1.29 is 14.3 Å². The van der Waals surface area contributed by atoms with Crippen LogP contribution in [0, 0.1) is 5.92 Å². The van der Waals surface area contributed by atoms with Gasteiger partial charge in [0, 0.05) is 32.7 Å². The highest BCUT2D eigenvalue weighted by Gasteiger charge is 2.33. The van der Waals surface area contributed by atoms with Crippen LogP contribution in [0.1, 0.15) is 32.8 Å². The van der Waals surface area contributed by atoms with Crippen LogP contribution < -0.4 is 5.32 Å². The Balaban J connectivity index is 1.81. The minimum atomic E-state index is -0.465. The Hall–Kier alpha value is -1.59. The van der Waals surface area contributed by atoms with E-state index in [0.717, 1.165) is 19.5 Å². The maximum absolute atomic E-state index is 12.2. The molecule has 0 aliphatic carbocycles. The number of hydrogen-bond acceptors (Lipinski definition) is 4. The number of rotatable bonds is 5. The quantitative estimate of drug-likeness (QED) is 0.899. The summed E-state index contributed by atoms with van der Waals surface area (Å²) in [5.41, 5.74) is 0.811. The van der Waals surface area contributed by atoms with Gasteiger partial charge in [-0.25, -0.2) is 4.79 Å². The molecule has 0 aromatic heterocycles. The van der Waals surface area contributed by atoms with Crippen LogP contribution in [-0.4, -0.2) is 49.4 Å². The maximum atomic E-state index is 12.2. The first kappa shape index (κ1) is 18.7. The SMILES string of the molecule is COC1CN(C(=O)OC(C)(C)C)CCC1CNCc1ccccc1. The number of carbonyl (C=O) groups is 1. The molecule has 0 radical (unpaired) electrons. The van der Waals surface area contributed by atoms with Gasteiger partial charge in [0.15, 0.2) is 0 Å². The summed E-state index contributed by atoms with van der Waals surface area (Å²) in [6.07, 6.45) is 0.703. The third kappa shape index (κ3) is 5.80. The monoisotopic (exact) mass is 334 g/mol. The molecule has 2 unspecified atom stereocenters. The lowest BCUT2D eigenvalue weighted by Gasteiger charge is -2.38. The van der Waals surface area contributed by atoms with Crippen LogP contribution in [0.25, 0.3) is 0 Å². The second-order valence-electron chi connectivity index (χ2n) is 7.37. The zero-order valence-corrected chi connectivity index (χ0v) is 15.2. The van der Waals surface area contributed by atoms with Gasteiger partial charge >= 0.3 is 6.09 Å². The smallest absolute Gasteiger partial charge is 0.410 e. The highest BCUT2D eigenvalue weighted by molar-refractivity contribution is 5.68. The van der Waals surface area contributed by atoms with E-state index in [1.54, 1.807) is 12.0 Å². The number of likely N-dealkylation sites (tertiary alicyclic amines) is 1. The molecule has 24 heavy (non-hydrogen) atoms. The summed E-state index contributed by atoms with van der Waals surface area (Å²) in [6, 6.07) is 10.4. The zero-order valence-electron chi connectivity index (χ0n) is 15.2. The molecule has 5 nitrogen and oxygen atoms in total. The number of piperidine rings is 1. The molecule has 134 valence electrons. The van der Waals surface area contributed by atoms with E-state index in [-0.39, 0.29) is 12.2 Å². The highest BCUT2D eigenvalue weighted by Crippen LogP contribution is 2.22. The van der Waals surface area contributed by atoms with Gasteiger partial charge in [0.25, 0.3) is 0 Å². The molecule has 1 aromatic carbocycles. The van der Waals surface area contributed by atoms with Gasteiger partial charge in [0.1, 0.15) is 5.60 Å². The molecule has 1 aliphatic rings. The normalized spacial score (nSPS) is 21.6. The Morgan fingerprint density at radius 2 is 2.00 bits per heavy atom. The first-order valence-electron chi connectivity index (χ1n) is 8.64. The summed E-state index contributed by atoms with van der Waals surface area (Å²) in [5, 5.41) is 3.50. The molecule has 1 amide bonds. The molecule has 0 saturated carbocycles. The number of benzene rings is 1. The van der Waals surface area contributed by atoms with Crippen LogP contribution in [0.15, 0.2) is 30.3 Å². The highest BCUT2D eigenvalue weighted by atomic mass is 16.6. The Morgan fingerprint density at radius 3 is 2.62 bits per heavy atom. The number of hydrogen-bond donors (Lipinski definition) is 1. The van der Waals surface area contributed by atoms with Crippen molar-refractivity contribution in [3.8, 4) is 0 Å². The van der Waals surface area contributed by atoms with Crippen LogP contribution in [-0.2, 0) is 16.0 Å². The Bertz CT molecular complexity index is 513. The minimum Gasteiger partial charge on any atom is -0.444 e. The van der Waals surface area contributed by atoms with Gasteiger partial charge in [0.05, 0.1) is 12.6 Å². The zero-order chi connectivity index (χ0) is 17.6. The van der Waals surface area contributed by atoms with Crippen molar-refractivity contribution in [2.45, 2.75) is 45.4 Å². The van der Waals surface area contributed by atoms with E-state index in [4.69, 9.17) is 9.47 Å². The molecule has 0 bridgehead atoms. The third-order valence-corrected chi connectivity index (χ3v) is 4.23. The topological polar surface area (TPSA) is 50.8 Å². The Morgan fingerprint density at radius 1 is 1.29 bits per heavy atom. The third-order valence-electron chi connectivity index (χ3n) is 4.23. The number of amides is 1. The lowest BCUT2D eigenvalue weighted by molar-refractivity contribution is -0.0283. The maximum Gasteiger partial charge on any atom is 0.410 e. The first-order chi connectivity index (χ1) is 11.4. The van der Waals surface area contributed by atoms with Crippen LogP contribution in [0.3, 0.4) is 0 Å². The van der Waals surface area contributed by atoms with Crippen molar-refractivity contribution in [2.24, 2.45) is 5.92 Å². The summed E-state index contributed by atoms with van der Waals surface area (Å²) in [7, 11) is 1.72. The number of methoxy groups -OCH3 is 1. The molecule has 2 atom stereocenters. The predicted molar refractivity (Wildman–Crippen MR) is 94.9 cm³/mol. The molecule has 5 heteroatoms. The van der Waals surface area contributed by atoms with Crippen molar-refractivity contribution >= 4 is 6.09 Å².